The third-order valence-electron chi connectivity index (χ3n) is 2.15. The lowest BCUT2D eigenvalue weighted by Crippen LogP contribution is -2.15. The van der Waals surface area contributed by atoms with Gasteiger partial charge in [-0.25, -0.2) is 4.79 Å². The number of hydrogen-bond donors (Lipinski definition) is 0. The maximum absolute atomic E-state index is 11.7. The van der Waals surface area contributed by atoms with Crippen LogP contribution in [0.2, 0.25) is 0 Å². The van der Waals surface area contributed by atoms with E-state index in [9.17, 15) is 9.59 Å². The Morgan fingerprint density at radius 1 is 1.31 bits per heavy atom. The van der Waals surface area contributed by atoms with Gasteiger partial charge in [-0.3, -0.25) is 4.79 Å². The standard InChI is InChI=1S/C13H20O3/c1-4-7-8-9-10-12(14)11(5-2)13(15)16-6-3/h4-5H,1,6-10H2,2-3H3. The lowest BCUT2D eigenvalue weighted by Gasteiger charge is -2.05. The maximum Gasteiger partial charge on any atom is 0.341 e. The second kappa shape index (κ2) is 8.89. The molecule has 0 saturated heterocycles. The first-order valence-corrected chi connectivity index (χ1v) is 5.64. The lowest BCUT2D eigenvalue weighted by atomic mass is 10.0. The first-order valence-electron chi connectivity index (χ1n) is 5.64. The number of hydrogen-bond acceptors (Lipinski definition) is 3. The Bertz CT molecular complexity index is 277. The maximum atomic E-state index is 11.7. The Morgan fingerprint density at radius 3 is 2.50 bits per heavy atom. The van der Waals surface area contributed by atoms with Gasteiger partial charge in [-0.05, 0) is 33.1 Å². The summed E-state index contributed by atoms with van der Waals surface area (Å²) in [7, 11) is 0. The molecule has 0 aromatic heterocycles. The topological polar surface area (TPSA) is 43.4 Å². The molecule has 0 unspecified atom stereocenters. The summed E-state index contributed by atoms with van der Waals surface area (Å²) in [6.07, 6.45) is 6.35. The van der Waals surface area contributed by atoms with Crippen molar-refractivity contribution in [3.63, 3.8) is 0 Å². The highest BCUT2D eigenvalue weighted by molar-refractivity contribution is 6.17. The molecule has 0 aliphatic carbocycles. The Hall–Kier alpha value is -1.38. The zero-order chi connectivity index (χ0) is 12.4. The van der Waals surface area contributed by atoms with Gasteiger partial charge >= 0.3 is 5.97 Å². The minimum atomic E-state index is -0.515. The number of carbonyl (C=O) groups is 2. The van der Waals surface area contributed by atoms with Crippen LogP contribution in [0, 0.1) is 0 Å². The van der Waals surface area contributed by atoms with E-state index in [2.05, 4.69) is 6.58 Å². The summed E-state index contributed by atoms with van der Waals surface area (Å²) in [5.74, 6) is -0.649. The summed E-state index contributed by atoms with van der Waals surface area (Å²) < 4.78 is 4.80. The summed E-state index contributed by atoms with van der Waals surface area (Å²) in [5.41, 5.74) is 0.167. The molecule has 0 aromatic carbocycles. The van der Waals surface area contributed by atoms with Crippen LogP contribution in [0.4, 0.5) is 0 Å². The quantitative estimate of drug-likeness (QED) is 0.159. The van der Waals surface area contributed by atoms with Crippen molar-refractivity contribution in [1.82, 2.24) is 0 Å². The highest BCUT2D eigenvalue weighted by atomic mass is 16.5. The Kier molecular flexibility index (Phi) is 8.12. The van der Waals surface area contributed by atoms with Crippen molar-refractivity contribution in [3.8, 4) is 0 Å². The van der Waals surface area contributed by atoms with E-state index in [-0.39, 0.29) is 11.4 Å². The van der Waals surface area contributed by atoms with Gasteiger partial charge in [0, 0.05) is 6.42 Å². The highest BCUT2D eigenvalue weighted by Crippen LogP contribution is 2.08. The molecule has 0 spiro atoms. The minimum Gasteiger partial charge on any atom is -0.462 e. The third-order valence-corrected chi connectivity index (χ3v) is 2.15. The molecular weight excluding hydrogens is 204 g/mol. The van der Waals surface area contributed by atoms with Crippen molar-refractivity contribution in [1.29, 1.82) is 0 Å². The molecule has 0 heterocycles. The molecule has 0 aromatic rings. The predicted molar refractivity (Wildman–Crippen MR) is 64.1 cm³/mol. The number of Topliss-reactive ketones (excluding diaryl/α,β-unsaturated/α-hetero) is 1. The van der Waals surface area contributed by atoms with Crippen molar-refractivity contribution >= 4 is 11.8 Å². The van der Waals surface area contributed by atoms with Gasteiger partial charge in [0.15, 0.2) is 5.78 Å². The van der Waals surface area contributed by atoms with Crippen LogP contribution in [-0.2, 0) is 14.3 Å². The van der Waals surface area contributed by atoms with Crippen molar-refractivity contribution in [2.45, 2.75) is 39.5 Å². The first-order chi connectivity index (χ1) is 7.67. The van der Waals surface area contributed by atoms with E-state index >= 15 is 0 Å². The summed E-state index contributed by atoms with van der Waals surface area (Å²) in [6.45, 7) is 7.30. The van der Waals surface area contributed by atoms with Crippen LogP contribution in [0.5, 0.6) is 0 Å². The molecule has 0 bridgehead atoms. The van der Waals surface area contributed by atoms with Crippen LogP contribution < -0.4 is 0 Å². The fourth-order valence-electron chi connectivity index (χ4n) is 1.31. The van der Waals surface area contributed by atoms with E-state index in [0.717, 1.165) is 19.3 Å². The van der Waals surface area contributed by atoms with Gasteiger partial charge in [0.25, 0.3) is 0 Å². The van der Waals surface area contributed by atoms with Crippen molar-refractivity contribution in [2.24, 2.45) is 0 Å². The van der Waals surface area contributed by atoms with Gasteiger partial charge < -0.3 is 4.74 Å². The largest absolute Gasteiger partial charge is 0.462 e. The lowest BCUT2D eigenvalue weighted by molar-refractivity contribution is -0.140. The first kappa shape index (κ1) is 14.6. The normalized spacial score (nSPS) is 11.0. The predicted octanol–water partition coefficient (Wildman–Crippen LogP) is 2.81. The van der Waals surface area contributed by atoms with E-state index in [4.69, 9.17) is 4.74 Å². The fourth-order valence-corrected chi connectivity index (χ4v) is 1.31. The van der Waals surface area contributed by atoms with Crippen molar-refractivity contribution in [2.75, 3.05) is 6.61 Å². The number of ketones is 1. The third kappa shape index (κ3) is 5.49. The molecule has 16 heavy (non-hydrogen) atoms. The molecule has 3 nitrogen and oxygen atoms in total. The van der Waals surface area contributed by atoms with Crippen LogP contribution >= 0.6 is 0 Å². The van der Waals surface area contributed by atoms with E-state index in [1.165, 1.54) is 6.08 Å². The summed E-state index contributed by atoms with van der Waals surface area (Å²) >= 11 is 0. The number of esters is 1. The van der Waals surface area contributed by atoms with Crippen LogP contribution in [0.3, 0.4) is 0 Å². The van der Waals surface area contributed by atoms with Gasteiger partial charge in [0.1, 0.15) is 0 Å². The monoisotopic (exact) mass is 224 g/mol. The zero-order valence-electron chi connectivity index (χ0n) is 10.1. The second-order valence-corrected chi connectivity index (χ2v) is 3.38. The van der Waals surface area contributed by atoms with Gasteiger partial charge in [0.2, 0.25) is 0 Å². The van der Waals surface area contributed by atoms with Crippen LogP contribution in [0.1, 0.15) is 39.5 Å². The van der Waals surface area contributed by atoms with Crippen LogP contribution in [0.25, 0.3) is 0 Å². The summed E-state index contributed by atoms with van der Waals surface area (Å²) in [5, 5.41) is 0. The SMILES string of the molecule is C=CCCCCC(=O)C(=CC)C(=O)OCC. The smallest absolute Gasteiger partial charge is 0.341 e. The molecule has 0 amide bonds. The van der Waals surface area contributed by atoms with Crippen LogP contribution in [0.15, 0.2) is 24.3 Å². The number of allylic oxidation sites excluding steroid dienone is 2. The molecule has 3 heteroatoms. The van der Waals surface area contributed by atoms with E-state index in [1.807, 2.05) is 6.08 Å². The molecule has 90 valence electrons. The molecule has 0 atom stereocenters. The number of ether oxygens (including phenoxy) is 1. The molecule has 0 N–H and O–H groups in total. The number of unbranched alkanes of at least 4 members (excludes halogenated alkanes) is 2. The van der Waals surface area contributed by atoms with E-state index in [1.54, 1.807) is 13.8 Å². The Morgan fingerprint density at radius 2 is 2.00 bits per heavy atom. The average molecular weight is 224 g/mol. The molecule has 0 radical (unpaired) electrons. The zero-order valence-corrected chi connectivity index (χ0v) is 10.1. The van der Waals surface area contributed by atoms with Crippen molar-refractivity contribution in [3.05, 3.63) is 24.3 Å². The Balaban J connectivity index is 4.12. The second-order valence-electron chi connectivity index (χ2n) is 3.38. The molecule has 0 aliphatic heterocycles. The molecule has 0 fully saturated rings. The number of rotatable bonds is 8. The molecule has 0 saturated carbocycles. The van der Waals surface area contributed by atoms with Gasteiger partial charge in [0.05, 0.1) is 12.2 Å². The highest BCUT2D eigenvalue weighted by Gasteiger charge is 2.17. The van der Waals surface area contributed by atoms with Gasteiger partial charge in [-0.2, -0.15) is 0 Å². The summed E-state index contributed by atoms with van der Waals surface area (Å²) in [4.78, 5) is 23.0. The molecule has 0 rings (SSSR count). The number of carbonyl (C=O) groups excluding carboxylic acids is 2. The fraction of sp³-hybridized carbons (Fsp3) is 0.538. The van der Waals surface area contributed by atoms with Crippen LogP contribution in [-0.4, -0.2) is 18.4 Å². The molecule has 0 aliphatic rings. The van der Waals surface area contributed by atoms with Crippen molar-refractivity contribution < 1.29 is 14.3 Å². The van der Waals surface area contributed by atoms with E-state index < -0.39 is 5.97 Å². The minimum absolute atomic E-state index is 0.134. The van der Waals surface area contributed by atoms with Gasteiger partial charge in [-0.15, -0.1) is 6.58 Å². The Labute approximate surface area is 97.2 Å². The average Bonchev–Trinajstić information content (AvgIpc) is 2.26. The van der Waals surface area contributed by atoms with E-state index in [0.29, 0.717) is 13.0 Å². The molecular formula is C13H20O3. The van der Waals surface area contributed by atoms with Gasteiger partial charge in [-0.1, -0.05) is 12.2 Å². The summed E-state index contributed by atoms with van der Waals surface area (Å²) in [6, 6.07) is 0.